The lowest BCUT2D eigenvalue weighted by Crippen LogP contribution is -2.46. The van der Waals surface area contributed by atoms with Crippen molar-refractivity contribution in [3.8, 4) is 0 Å². The van der Waals surface area contributed by atoms with Crippen molar-refractivity contribution >= 4 is 5.91 Å². The molecule has 1 aliphatic rings. The normalized spacial score (nSPS) is 16.2. The fraction of sp³-hybridized carbons (Fsp3) is 0.462. The van der Waals surface area contributed by atoms with Gasteiger partial charge in [-0.2, -0.15) is 0 Å². The first kappa shape index (κ1) is 11.1. The molecular formula is C13H18N2O. The molecule has 3 nitrogen and oxygen atoms in total. The Balaban J connectivity index is 2.19. The fourth-order valence-electron chi connectivity index (χ4n) is 2.09. The zero-order valence-electron chi connectivity index (χ0n) is 9.92. The summed E-state index contributed by atoms with van der Waals surface area (Å²) in [6.45, 7) is 7.47. The van der Waals surface area contributed by atoms with Gasteiger partial charge < -0.3 is 10.2 Å². The quantitative estimate of drug-likeness (QED) is 0.771. The Hall–Kier alpha value is -1.35. The van der Waals surface area contributed by atoms with Gasteiger partial charge >= 0.3 is 0 Å². The van der Waals surface area contributed by atoms with Crippen molar-refractivity contribution in [3.05, 3.63) is 34.9 Å². The van der Waals surface area contributed by atoms with Crippen LogP contribution in [0.5, 0.6) is 0 Å². The monoisotopic (exact) mass is 218 g/mol. The first-order chi connectivity index (χ1) is 7.68. The van der Waals surface area contributed by atoms with Gasteiger partial charge in [0.1, 0.15) is 0 Å². The molecule has 2 rings (SSSR count). The summed E-state index contributed by atoms with van der Waals surface area (Å²) in [6.07, 6.45) is 0. The van der Waals surface area contributed by atoms with Crippen LogP contribution in [0.3, 0.4) is 0 Å². The Morgan fingerprint density at radius 3 is 2.56 bits per heavy atom. The van der Waals surface area contributed by atoms with E-state index in [2.05, 4.69) is 11.4 Å². The van der Waals surface area contributed by atoms with Gasteiger partial charge in [-0.3, -0.25) is 4.79 Å². The molecule has 1 aromatic rings. The smallest absolute Gasteiger partial charge is 0.254 e. The second-order valence-electron chi connectivity index (χ2n) is 4.36. The molecule has 0 aliphatic carbocycles. The molecular weight excluding hydrogens is 200 g/mol. The van der Waals surface area contributed by atoms with Gasteiger partial charge in [0.2, 0.25) is 0 Å². The van der Waals surface area contributed by atoms with Crippen molar-refractivity contribution in [1.29, 1.82) is 0 Å². The number of piperazine rings is 1. The first-order valence-electron chi connectivity index (χ1n) is 5.76. The van der Waals surface area contributed by atoms with Crippen LogP contribution >= 0.6 is 0 Å². The van der Waals surface area contributed by atoms with E-state index >= 15 is 0 Å². The molecule has 1 N–H and O–H groups in total. The van der Waals surface area contributed by atoms with Crippen molar-refractivity contribution in [1.82, 2.24) is 10.2 Å². The summed E-state index contributed by atoms with van der Waals surface area (Å²) in [4.78, 5) is 14.2. The number of amides is 1. The SMILES string of the molecule is Cc1ccc(C(=O)N2CCNCC2)c(C)c1. The maximum Gasteiger partial charge on any atom is 0.254 e. The minimum absolute atomic E-state index is 0.166. The largest absolute Gasteiger partial charge is 0.336 e. The van der Waals surface area contributed by atoms with Gasteiger partial charge in [-0.05, 0) is 25.5 Å². The van der Waals surface area contributed by atoms with Crippen molar-refractivity contribution in [2.45, 2.75) is 13.8 Å². The molecule has 1 heterocycles. The van der Waals surface area contributed by atoms with Gasteiger partial charge in [-0.1, -0.05) is 17.7 Å². The molecule has 0 aromatic heterocycles. The summed E-state index contributed by atoms with van der Waals surface area (Å²) in [5.41, 5.74) is 3.12. The zero-order valence-corrected chi connectivity index (χ0v) is 9.92. The van der Waals surface area contributed by atoms with Gasteiger partial charge in [-0.15, -0.1) is 0 Å². The first-order valence-corrected chi connectivity index (χ1v) is 5.76. The molecule has 1 saturated heterocycles. The van der Waals surface area contributed by atoms with Crippen LogP contribution in [0.4, 0.5) is 0 Å². The number of carbonyl (C=O) groups is 1. The summed E-state index contributed by atoms with van der Waals surface area (Å²) in [7, 11) is 0. The number of carbonyl (C=O) groups excluding carboxylic acids is 1. The maximum absolute atomic E-state index is 12.2. The molecule has 0 atom stereocenters. The van der Waals surface area contributed by atoms with E-state index in [0.717, 1.165) is 37.3 Å². The molecule has 3 heteroatoms. The average molecular weight is 218 g/mol. The second-order valence-corrected chi connectivity index (χ2v) is 4.36. The van der Waals surface area contributed by atoms with Crippen molar-refractivity contribution in [2.24, 2.45) is 0 Å². The average Bonchev–Trinajstić information content (AvgIpc) is 2.29. The number of nitrogens with one attached hydrogen (secondary N) is 1. The van der Waals surface area contributed by atoms with E-state index in [-0.39, 0.29) is 5.91 Å². The molecule has 0 radical (unpaired) electrons. The highest BCUT2D eigenvalue weighted by atomic mass is 16.2. The topological polar surface area (TPSA) is 32.3 Å². The molecule has 0 unspecified atom stereocenters. The second kappa shape index (κ2) is 4.66. The Morgan fingerprint density at radius 1 is 1.25 bits per heavy atom. The van der Waals surface area contributed by atoms with E-state index in [0.29, 0.717) is 0 Å². The Labute approximate surface area is 96.5 Å². The van der Waals surface area contributed by atoms with Gasteiger partial charge in [0.15, 0.2) is 0 Å². The molecule has 1 amide bonds. The summed E-state index contributed by atoms with van der Waals surface area (Å²) in [5, 5.41) is 3.25. The number of hydrogen-bond acceptors (Lipinski definition) is 2. The summed E-state index contributed by atoms with van der Waals surface area (Å²) < 4.78 is 0. The lowest BCUT2D eigenvalue weighted by atomic mass is 10.0. The Bertz CT molecular complexity index is 395. The highest BCUT2D eigenvalue weighted by molar-refractivity contribution is 5.95. The van der Waals surface area contributed by atoms with E-state index in [4.69, 9.17) is 0 Å². The molecule has 1 aromatic carbocycles. The van der Waals surface area contributed by atoms with Crippen LogP contribution in [-0.4, -0.2) is 37.0 Å². The highest BCUT2D eigenvalue weighted by Crippen LogP contribution is 2.13. The minimum Gasteiger partial charge on any atom is -0.336 e. The van der Waals surface area contributed by atoms with E-state index in [1.807, 2.05) is 30.9 Å². The van der Waals surface area contributed by atoms with Crippen LogP contribution in [0, 0.1) is 13.8 Å². The van der Waals surface area contributed by atoms with Crippen molar-refractivity contribution < 1.29 is 4.79 Å². The van der Waals surface area contributed by atoms with Crippen LogP contribution in [0.1, 0.15) is 21.5 Å². The lowest BCUT2D eigenvalue weighted by molar-refractivity contribution is 0.0735. The summed E-state index contributed by atoms with van der Waals surface area (Å²) >= 11 is 0. The van der Waals surface area contributed by atoms with E-state index < -0.39 is 0 Å². The maximum atomic E-state index is 12.2. The van der Waals surface area contributed by atoms with Crippen molar-refractivity contribution in [3.63, 3.8) is 0 Å². The zero-order chi connectivity index (χ0) is 11.5. The Morgan fingerprint density at radius 2 is 1.94 bits per heavy atom. The molecule has 0 saturated carbocycles. The number of aryl methyl sites for hydroxylation is 2. The fourth-order valence-corrected chi connectivity index (χ4v) is 2.09. The third kappa shape index (κ3) is 2.25. The highest BCUT2D eigenvalue weighted by Gasteiger charge is 2.18. The molecule has 1 aliphatic heterocycles. The molecule has 86 valence electrons. The van der Waals surface area contributed by atoms with Gasteiger partial charge in [0.05, 0.1) is 0 Å². The predicted molar refractivity (Wildman–Crippen MR) is 64.7 cm³/mol. The van der Waals surface area contributed by atoms with Crippen LogP contribution in [0.25, 0.3) is 0 Å². The molecule has 16 heavy (non-hydrogen) atoms. The summed E-state index contributed by atoms with van der Waals surface area (Å²) in [6, 6.07) is 6.01. The van der Waals surface area contributed by atoms with Crippen molar-refractivity contribution in [2.75, 3.05) is 26.2 Å². The van der Waals surface area contributed by atoms with E-state index in [9.17, 15) is 4.79 Å². The van der Waals surface area contributed by atoms with Crippen LogP contribution in [0.2, 0.25) is 0 Å². The van der Waals surface area contributed by atoms with E-state index in [1.165, 1.54) is 5.56 Å². The number of nitrogens with zero attached hydrogens (tertiary/aromatic N) is 1. The molecule has 0 spiro atoms. The van der Waals surface area contributed by atoms with Crippen LogP contribution in [0.15, 0.2) is 18.2 Å². The minimum atomic E-state index is 0.166. The third-order valence-electron chi connectivity index (χ3n) is 3.02. The third-order valence-corrected chi connectivity index (χ3v) is 3.02. The van der Waals surface area contributed by atoms with Gasteiger partial charge in [0.25, 0.3) is 5.91 Å². The lowest BCUT2D eigenvalue weighted by Gasteiger charge is -2.28. The number of rotatable bonds is 1. The summed E-state index contributed by atoms with van der Waals surface area (Å²) in [5.74, 6) is 0.166. The predicted octanol–water partition coefficient (Wildman–Crippen LogP) is 1.35. The Kier molecular flexibility index (Phi) is 3.25. The number of hydrogen-bond donors (Lipinski definition) is 1. The van der Waals surface area contributed by atoms with Gasteiger partial charge in [0, 0.05) is 31.7 Å². The number of benzene rings is 1. The standard InChI is InChI=1S/C13H18N2O/c1-10-3-4-12(11(2)9-10)13(16)15-7-5-14-6-8-15/h3-4,9,14H,5-8H2,1-2H3. The van der Waals surface area contributed by atoms with Gasteiger partial charge in [-0.25, -0.2) is 0 Å². The van der Waals surface area contributed by atoms with Crippen LogP contribution in [-0.2, 0) is 0 Å². The molecule has 0 bridgehead atoms. The van der Waals surface area contributed by atoms with E-state index in [1.54, 1.807) is 0 Å². The molecule has 1 fully saturated rings. The van der Waals surface area contributed by atoms with Crippen LogP contribution < -0.4 is 5.32 Å².